The molecule has 0 unspecified atom stereocenters. The number of amides is 2. The fourth-order valence-corrected chi connectivity index (χ4v) is 2.09. The first-order chi connectivity index (χ1) is 12.5. The van der Waals surface area contributed by atoms with Crippen molar-refractivity contribution in [2.24, 2.45) is 5.10 Å². The summed E-state index contributed by atoms with van der Waals surface area (Å²) < 4.78 is 5.25. The number of rotatable bonds is 6. The third-order valence-electron chi connectivity index (χ3n) is 3.24. The third kappa shape index (κ3) is 5.78. The molecule has 0 fully saturated rings. The van der Waals surface area contributed by atoms with E-state index in [1.54, 1.807) is 43.3 Å². The molecule has 136 valence electrons. The second kappa shape index (κ2) is 9.43. The van der Waals surface area contributed by atoms with Gasteiger partial charge in [0, 0.05) is 11.6 Å². The van der Waals surface area contributed by atoms with Gasteiger partial charge in [-0.3, -0.25) is 9.59 Å². The number of nitrogens with zero attached hydrogens (tertiary/aromatic N) is 1. The van der Waals surface area contributed by atoms with E-state index in [-0.39, 0.29) is 12.3 Å². The summed E-state index contributed by atoms with van der Waals surface area (Å²) in [5, 5.41) is 16.4. The normalized spacial score (nSPS) is 10.5. The van der Waals surface area contributed by atoms with E-state index in [1.165, 1.54) is 12.3 Å². The van der Waals surface area contributed by atoms with Gasteiger partial charge >= 0.3 is 11.8 Å². The van der Waals surface area contributed by atoms with E-state index < -0.39 is 11.8 Å². The number of halogens is 1. The smallest absolute Gasteiger partial charge is 0.329 e. The Morgan fingerprint density at radius 1 is 1.19 bits per heavy atom. The molecule has 0 aliphatic heterocycles. The quantitative estimate of drug-likeness (QED) is 0.409. The van der Waals surface area contributed by atoms with Gasteiger partial charge in [0.1, 0.15) is 0 Å². The van der Waals surface area contributed by atoms with Crippen molar-refractivity contribution >= 4 is 29.6 Å². The molecule has 2 aromatic carbocycles. The molecular formula is C18H18ClN3O4. The van der Waals surface area contributed by atoms with Gasteiger partial charge in [-0.05, 0) is 48.4 Å². The standard InChI is InChI=1S/C18H18ClN3O4/c1-2-26-16-9-13(5-8-15(16)23)11-21-22-18(25)17(24)20-10-12-3-6-14(19)7-4-12/h3-9,11,23H,2,10H2,1H3,(H,20,24)(H,22,25). The second-order valence-electron chi connectivity index (χ2n) is 5.17. The predicted octanol–water partition coefficient (Wildman–Crippen LogP) is 2.21. The molecule has 0 spiro atoms. The van der Waals surface area contributed by atoms with E-state index in [0.717, 1.165) is 5.56 Å². The Morgan fingerprint density at radius 3 is 2.62 bits per heavy atom. The first-order valence-corrected chi connectivity index (χ1v) is 8.19. The van der Waals surface area contributed by atoms with Gasteiger partial charge < -0.3 is 15.2 Å². The topological polar surface area (TPSA) is 100 Å². The van der Waals surface area contributed by atoms with Gasteiger partial charge in [0.15, 0.2) is 11.5 Å². The van der Waals surface area contributed by atoms with Crippen LogP contribution in [-0.2, 0) is 16.1 Å². The second-order valence-corrected chi connectivity index (χ2v) is 5.60. The summed E-state index contributed by atoms with van der Waals surface area (Å²) in [6, 6.07) is 11.5. The summed E-state index contributed by atoms with van der Waals surface area (Å²) in [6.07, 6.45) is 1.34. The largest absolute Gasteiger partial charge is 0.504 e. The minimum Gasteiger partial charge on any atom is -0.504 e. The summed E-state index contributed by atoms with van der Waals surface area (Å²) in [5.41, 5.74) is 3.54. The lowest BCUT2D eigenvalue weighted by atomic mass is 10.2. The van der Waals surface area contributed by atoms with Crippen molar-refractivity contribution in [1.29, 1.82) is 0 Å². The number of benzene rings is 2. The van der Waals surface area contributed by atoms with Gasteiger partial charge in [-0.25, -0.2) is 5.43 Å². The molecule has 0 atom stereocenters. The van der Waals surface area contributed by atoms with E-state index >= 15 is 0 Å². The summed E-state index contributed by atoms with van der Waals surface area (Å²) in [7, 11) is 0. The Labute approximate surface area is 155 Å². The van der Waals surface area contributed by atoms with Crippen LogP contribution in [0.5, 0.6) is 11.5 Å². The molecule has 7 nitrogen and oxygen atoms in total. The van der Waals surface area contributed by atoms with Crippen molar-refractivity contribution in [2.45, 2.75) is 13.5 Å². The molecule has 0 radical (unpaired) electrons. The van der Waals surface area contributed by atoms with Crippen LogP contribution in [0.1, 0.15) is 18.1 Å². The predicted molar refractivity (Wildman–Crippen MR) is 98.3 cm³/mol. The van der Waals surface area contributed by atoms with Crippen LogP contribution < -0.4 is 15.5 Å². The fraction of sp³-hybridized carbons (Fsp3) is 0.167. The number of phenolic OH excluding ortho intramolecular Hbond substituents is 1. The van der Waals surface area contributed by atoms with E-state index in [1.807, 2.05) is 0 Å². The summed E-state index contributed by atoms with van der Waals surface area (Å²) in [5.74, 6) is -1.38. The Kier molecular flexibility index (Phi) is 6.99. The Balaban J connectivity index is 1.85. The highest BCUT2D eigenvalue weighted by Gasteiger charge is 2.12. The zero-order valence-electron chi connectivity index (χ0n) is 14.0. The molecule has 0 bridgehead atoms. The molecule has 2 aromatic rings. The lowest BCUT2D eigenvalue weighted by molar-refractivity contribution is -0.139. The number of carbonyl (C=O) groups is 2. The molecular weight excluding hydrogens is 358 g/mol. The highest BCUT2D eigenvalue weighted by Crippen LogP contribution is 2.26. The monoisotopic (exact) mass is 375 g/mol. The molecule has 3 N–H and O–H groups in total. The summed E-state index contributed by atoms with van der Waals surface area (Å²) in [6.45, 7) is 2.39. The Hall–Kier alpha value is -3.06. The minimum absolute atomic E-state index is 0.00890. The molecule has 0 heterocycles. The van der Waals surface area contributed by atoms with Gasteiger partial charge in [-0.1, -0.05) is 23.7 Å². The molecule has 8 heteroatoms. The van der Waals surface area contributed by atoms with Crippen LogP contribution in [0.2, 0.25) is 5.02 Å². The molecule has 2 rings (SSSR count). The molecule has 0 aliphatic carbocycles. The van der Waals surface area contributed by atoms with Crippen molar-refractivity contribution < 1.29 is 19.4 Å². The highest BCUT2D eigenvalue weighted by molar-refractivity contribution is 6.35. The molecule has 0 aliphatic rings. The molecule has 0 saturated carbocycles. The van der Waals surface area contributed by atoms with Crippen LogP contribution in [0.25, 0.3) is 0 Å². The van der Waals surface area contributed by atoms with E-state index in [2.05, 4.69) is 15.8 Å². The van der Waals surface area contributed by atoms with Crippen LogP contribution in [0.15, 0.2) is 47.6 Å². The van der Waals surface area contributed by atoms with Crippen molar-refractivity contribution in [3.05, 3.63) is 58.6 Å². The lowest BCUT2D eigenvalue weighted by Gasteiger charge is -2.06. The van der Waals surface area contributed by atoms with Crippen LogP contribution in [0.3, 0.4) is 0 Å². The van der Waals surface area contributed by atoms with Gasteiger partial charge in [0.2, 0.25) is 0 Å². The van der Waals surface area contributed by atoms with Gasteiger partial charge in [-0.2, -0.15) is 5.10 Å². The molecule has 0 saturated heterocycles. The van der Waals surface area contributed by atoms with Crippen LogP contribution in [-0.4, -0.2) is 29.7 Å². The number of hydrogen-bond donors (Lipinski definition) is 3. The number of ether oxygens (including phenoxy) is 1. The maximum atomic E-state index is 11.7. The van der Waals surface area contributed by atoms with Crippen LogP contribution >= 0.6 is 11.6 Å². The molecule has 2 amide bonds. The number of nitrogens with one attached hydrogen (secondary N) is 2. The van der Waals surface area contributed by atoms with E-state index in [0.29, 0.717) is 22.9 Å². The zero-order chi connectivity index (χ0) is 18.9. The van der Waals surface area contributed by atoms with Crippen LogP contribution in [0.4, 0.5) is 0 Å². The van der Waals surface area contributed by atoms with Crippen molar-refractivity contribution in [3.8, 4) is 11.5 Å². The van der Waals surface area contributed by atoms with E-state index in [9.17, 15) is 14.7 Å². The number of carbonyl (C=O) groups excluding carboxylic acids is 2. The summed E-state index contributed by atoms with van der Waals surface area (Å²) >= 11 is 5.78. The SMILES string of the molecule is CCOc1cc(C=NNC(=O)C(=O)NCc2ccc(Cl)cc2)ccc1O. The van der Waals surface area contributed by atoms with Crippen molar-refractivity contribution in [1.82, 2.24) is 10.7 Å². The molecule has 26 heavy (non-hydrogen) atoms. The Bertz CT molecular complexity index is 807. The first kappa shape index (κ1) is 19.3. The van der Waals surface area contributed by atoms with Gasteiger partial charge in [0.05, 0.1) is 12.8 Å². The van der Waals surface area contributed by atoms with E-state index in [4.69, 9.17) is 16.3 Å². The summed E-state index contributed by atoms with van der Waals surface area (Å²) in [4.78, 5) is 23.4. The third-order valence-corrected chi connectivity index (χ3v) is 3.49. The number of hydrogen-bond acceptors (Lipinski definition) is 5. The fourth-order valence-electron chi connectivity index (χ4n) is 1.96. The van der Waals surface area contributed by atoms with Gasteiger partial charge in [0.25, 0.3) is 0 Å². The minimum atomic E-state index is -0.890. The average Bonchev–Trinajstić information content (AvgIpc) is 2.63. The maximum Gasteiger partial charge on any atom is 0.329 e. The molecule has 0 aromatic heterocycles. The maximum absolute atomic E-state index is 11.7. The highest BCUT2D eigenvalue weighted by atomic mass is 35.5. The first-order valence-electron chi connectivity index (χ1n) is 7.81. The Morgan fingerprint density at radius 2 is 1.92 bits per heavy atom. The van der Waals surface area contributed by atoms with Crippen LogP contribution in [0, 0.1) is 0 Å². The zero-order valence-corrected chi connectivity index (χ0v) is 14.8. The van der Waals surface area contributed by atoms with Gasteiger partial charge in [-0.15, -0.1) is 0 Å². The number of aromatic hydroxyl groups is 1. The van der Waals surface area contributed by atoms with Crippen molar-refractivity contribution in [2.75, 3.05) is 6.61 Å². The number of phenols is 1. The number of hydrazone groups is 1. The van der Waals surface area contributed by atoms with Crippen molar-refractivity contribution in [3.63, 3.8) is 0 Å². The average molecular weight is 376 g/mol. The lowest BCUT2D eigenvalue weighted by Crippen LogP contribution is -2.37.